The van der Waals surface area contributed by atoms with Crippen LogP contribution in [0.15, 0.2) is 36.4 Å². The lowest BCUT2D eigenvalue weighted by Crippen LogP contribution is -2.25. The van der Waals surface area contributed by atoms with Gasteiger partial charge < -0.3 is 19.8 Å². The predicted molar refractivity (Wildman–Crippen MR) is 159 cm³/mol. The molecule has 4 nitrogen and oxygen atoms in total. The van der Waals surface area contributed by atoms with Crippen molar-refractivity contribution < 1.29 is 19.8 Å². The molecule has 37 heavy (non-hydrogen) atoms. The van der Waals surface area contributed by atoms with Crippen LogP contribution in [0.3, 0.4) is 0 Å². The quantitative estimate of drug-likeness (QED) is 0.281. The first kappa shape index (κ1) is 33.2. The molecule has 208 valence electrons. The van der Waals surface area contributed by atoms with Crippen LogP contribution in [-0.4, -0.2) is 22.4 Å². The number of hydrogen-bond acceptors (Lipinski definition) is 4. The van der Waals surface area contributed by atoms with E-state index in [-0.39, 0.29) is 21.7 Å². The lowest BCUT2D eigenvalue weighted by atomic mass is 9.74. The van der Waals surface area contributed by atoms with E-state index < -0.39 is 7.32 Å². The summed E-state index contributed by atoms with van der Waals surface area (Å²) < 4.78 is 7.26. The molecule has 3 N–H and O–H groups in total. The van der Waals surface area contributed by atoms with Gasteiger partial charge in [-0.15, -0.1) is 0 Å². The van der Waals surface area contributed by atoms with Crippen molar-refractivity contribution >= 4 is 7.32 Å². The summed E-state index contributed by atoms with van der Waals surface area (Å²) in [6, 6.07) is 13.6. The molecule has 0 bridgehead atoms. The van der Waals surface area contributed by atoms with Gasteiger partial charge in [0.05, 0.1) is 0 Å². The lowest BCUT2D eigenvalue weighted by molar-refractivity contribution is 0.278. The van der Waals surface area contributed by atoms with Gasteiger partial charge in [-0.1, -0.05) is 119 Å². The third-order valence-corrected chi connectivity index (χ3v) is 8.69. The van der Waals surface area contributed by atoms with Crippen LogP contribution in [-0.2, 0) is 21.7 Å². The molecule has 0 aliphatic heterocycles. The zero-order valence-electron chi connectivity index (χ0n) is 25.6. The van der Waals surface area contributed by atoms with Crippen molar-refractivity contribution in [3.05, 3.63) is 58.7 Å². The molecule has 2 rings (SSSR count). The second-order valence-electron chi connectivity index (χ2n) is 12.8. The van der Waals surface area contributed by atoms with Gasteiger partial charge in [-0.3, -0.25) is 0 Å². The van der Waals surface area contributed by atoms with Gasteiger partial charge in [-0.25, -0.2) is 0 Å². The Hall–Kier alpha value is -1.82. The molecule has 0 saturated carbocycles. The van der Waals surface area contributed by atoms with Crippen molar-refractivity contribution in [1.29, 1.82) is 0 Å². The lowest BCUT2D eigenvalue weighted by Gasteiger charge is -2.36. The van der Waals surface area contributed by atoms with E-state index in [4.69, 9.17) is 19.8 Å². The second-order valence-corrected chi connectivity index (χ2v) is 12.8. The normalized spacial score (nSPS) is 12.6. The van der Waals surface area contributed by atoms with Gasteiger partial charge in [-0.05, 0) is 47.3 Å². The maximum Gasteiger partial charge on any atom is 0.631 e. The van der Waals surface area contributed by atoms with Crippen LogP contribution in [0.1, 0.15) is 131 Å². The second kappa shape index (κ2) is 12.8. The van der Waals surface area contributed by atoms with Crippen LogP contribution >= 0.6 is 0 Å². The SMILES string of the molecule is CCC(C)(C)c1cccc(C(C)(C)CC)c1Oc1c(C(C)(C)CC)cccc1C(C)(C)CC.OB(O)O. The molecule has 0 aliphatic rings. The van der Waals surface area contributed by atoms with E-state index in [1.165, 1.54) is 22.3 Å². The Kier molecular flexibility index (Phi) is 11.5. The average molecular weight is 513 g/mol. The van der Waals surface area contributed by atoms with Crippen LogP contribution < -0.4 is 4.74 Å². The summed E-state index contributed by atoms with van der Waals surface area (Å²) in [5.74, 6) is 2.15. The van der Waals surface area contributed by atoms with E-state index in [2.05, 4.69) is 119 Å². The molecule has 0 atom stereocenters. The molecule has 2 aromatic rings. The average Bonchev–Trinajstić information content (AvgIpc) is 2.83. The smallest absolute Gasteiger partial charge is 0.456 e. The fourth-order valence-electron chi connectivity index (χ4n) is 4.29. The van der Waals surface area contributed by atoms with Crippen molar-refractivity contribution in [2.24, 2.45) is 0 Å². The van der Waals surface area contributed by atoms with Gasteiger partial charge in [0.2, 0.25) is 0 Å². The highest BCUT2D eigenvalue weighted by atomic mass is 16.5. The van der Waals surface area contributed by atoms with E-state index in [9.17, 15) is 0 Å². The molecular formula is C32H53BO4. The van der Waals surface area contributed by atoms with Crippen molar-refractivity contribution in [2.45, 2.75) is 130 Å². The predicted octanol–water partition coefficient (Wildman–Crippen LogP) is 8.18. The number of hydrogen-bond donors (Lipinski definition) is 3. The van der Waals surface area contributed by atoms with Gasteiger partial charge in [0, 0.05) is 22.3 Å². The third kappa shape index (κ3) is 8.08. The van der Waals surface area contributed by atoms with Gasteiger partial charge >= 0.3 is 7.32 Å². The molecular weight excluding hydrogens is 459 g/mol. The van der Waals surface area contributed by atoms with Gasteiger partial charge in [0.1, 0.15) is 11.5 Å². The van der Waals surface area contributed by atoms with Gasteiger partial charge in [0.25, 0.3) is 0 Å². The molecule has 2 aromatic carbocycles. The third-order valence-electron chi connectivity index (χ3n) is 8.69. The standard InChI is InChI=1S/C32H50O.BH3O3/c1-13-29(5,6)23-19-17-20-24(30(7,8)14-2)27(23)33-28-25(31(9,10)15-3)21-18-22-26(28)32(11,12)16-4;2-1(3)4/h17-22H,13-16H2,1-12H3;2-4H. The molecule has 0 saturated heterocycles. The van der Waals surface area contributed by atoms with E-state index in [0.717, 1.165) is 37.2 Å². The minimum Gasteiger partial charge on any atom is -0.456 e. The number of para-hydroxylation sites is 2. The van der Waals surface area contributed by atoms with Crippen LogP contribution in [0.2, 0.25) is 0 Å². The molecule has 0 unspecified atom stereocenters. The summed E-state index contributed by atoms with van der Waals surface area (Å²) in [5, 5.41) is 21.5. The van der Waals surface area contributed by atoms with Crippen molar-refractivity contribution in [2.75, 3.05) is 0 Å². The Bertz CT molecular complexity index is 857. The Morgan fingerprint density at radius 3 is 0.865 bits per heavy atom. The number of rotatable bonds is 10. The highest BCUT2D eigenvalue weighted by molar-refractivity contribution is 6.30. The Balaban J connectivity index is 0.00000159. The van der Waals surface area contributed by atoms with Crippen LogP contribution in [0.4, 0.5) is 0 Å². The molecule has 0 heterocycles. The largest absolute Gasteiger partial charge is 0.631 e. The summed E-state index contributed by atoms with van der Waals surface area (Å²) in [4.78, 5) is 0. The van der Waals surface area contributed by atoms with E-state index in [1.807, 2.05) is 0 Å². The van der Waals surface area contributed by atoms with Gasteiger partial charge in [-0.2, -0.15) is 0 Å². The highest BCUT2D eigenvalue weighted by Crippen LogP contribution is 2.49. The van der Waals surface area contributed by atoms with Crippen molar-refractivity contribution in [3.63, 3.8) is 0 Å². The summed E-state index contributed by atoms with van der Waals surface area (Å²) in [5.41, 5.74) is 5.38. The highest BCUT2D eigenvalue weighted by Gasteiger charge is 2.34. The minimum absolute atomic E-state index is 0.0326. The number of benzene rings is 2. The molecule has 0 aliphatic carbocycles. The zero-order chi connectivity index (χ0) is 28.8. The summed E-state index contributed by atoms with van der Waals surface area (Å²) in [6.07, 6.45) is 4.26. The van der Waals surface area contributed by atoms with Crippen molar-refractivity contribution in [3.8, 4) is 11.5 Å². The summed E-state index contributed by atoms with van der Waals surface area (Å²) >= 11 is 0. The Labute approximate surface area is 227 Å². The molecule has 0 amide bonds. The summed E-state index contributed by atoms with van der Waals surface area (Å²) in [7, 11) is -2.17. The Morgan fingerprint density at radius 1 is 0.514 bits per heavy atom. The fraction of sp³-hybridized carbons (Fsp3) is 0.625. The van der Waals surface area contributed by atoms with Gasteiger partial charge in [0.15, 0.2) is 0 Å². The number of ether oxygens (including phenoxy) is 1. The Morgan fingerprint density at radius 2 is 0.703 bits per heavy atom. The molecule has 0 aromatic heterocycles. The molecule has 5 heteroatoms. The minimum atomic E-state index is -2.17. The van der Waals surface area contributed by atoms with Crippen LogP contribution in [0.25, 0.3) is 0 Å². The first-order valence-electron chi connectivity index (χ1n) is 13.9. The topological polar surface area (TPSA) is 69.9 Å². The maximum absolute atomic E-state index is 7.26. The van der Waals surface area contributed by atoms with E-state index >= 15 is 0 Å². The summed E-state index contributed by atoms with van der Waals surface area (Å²) in [6.45, 7) is 27.9. The van der Waals surface area contributed by atoms with Crippen molar-refractivity contribution in [1.82, 2.24) is 0 Å². The van der Waals surface area contributed by atoms with Crippen LogP contribution in [0, 0.1) is 0 Å². The monoisotopic (exact) mass is 512 g/mol. The molecule has 0 spiro atoms. The van der Waals surface area contributed by atoms with E-state index in [1.54, 1.807) is 0 Å². The maximum atomic E-state index is 7.26. The van der Waals surface area contributed by atoms with Crippen LogP contribution in [0.5, 0.6) is 11.5 Å². The zero-order valence-corrected chi connectivity index (χ0v) is 25.6. The van der Waals surface area contributed by atoms with E-state index in [0.29, 0.717) is 0 Å². The molecule has 0 radical (unpaired) electrons. The fourth-order valence-corrected chi connectivity index (χ4v) is 4.29. The molecule has 0 fully saturated rings. The first-order chi connectivity index (χ1) is 16.9. The first-order valence-corrected chi connectivity index (χ1v) is 13.9.